The van der Waals surface area contributed by atoms with Crippen molar-refractivity contribution in [2.45, 2.75) is 50.6 Å². The van der Waals surface area contributed by atoms with Crippen LogP contribution < -0.4 is 21.8 Å². The number of nitrogens with two attached hydrogens (primary N) is 1. The molecule has 5 aromatic rings. The number of amides is 4. The molecule has 226 valence electrons. The van der Waals surface area contributed by atoms with Gasteiger partial charge in [-0.1, -0.05) is 19.3 Å². The van der Waals surface area contributed by atoms with E-state index in [0.29, 0.717) is 39.3 Å². The summed E-state index contributed by atoms with van der Waals surface area (Å²) in [6, 6.07) is 11.3. The Labute approximate surface area is 250 Å². The Hall–Kier alpha value is -5.43. The molecule has 0 bridgehead atoms. The Balaban J connectivity index is 1.24. The zero-order chi connectivity index (χ0) is 30.8. The maximum atomic E-state index is 13.4. The molecule has 6 rings (SSSR count). The first-order valence-electron chi connectivity index (χ1n) is 14.3. The van der Waals surface area contributed by atoms with Crippen LogP contribution in [-0.2, 0) is 20.8 Å². The minimum Gasteiger partial charge on any atom is -0.472 e. The van der Waals surface area contributed by atoms with E-state index in [-0.39, 0.29) is 6.42 Å². The van der Waals surface area contributed by atoms with E-state index in [2.05, 4.69) is 20.2 Å². The van der Waals surface area contributed by atoms with Gasteiger partial charge in [-0.25, -0.2) is 10.5 Å². The number of H-pyrrole nitrogens is 1. The van der Waals surface area contributed by atoms with Gasteiger partial charge in [0.05, 0.1) is 22.9 Å². The van der Waals surface area contributed by atoms with Crippen molar-refractivity contribution in [3.05, 3.63) is 72.3 Å². The molecule has 1 aliphatic carbocycles. The number of hydrogen-bond donors (Lipinski definition) is 6. The monoisotopic (exact) mass is 597 g/mol. The third kappa shape index (κ3) is 5.64. The molecule has 0 spiro atoms. The summed E-state index contributed by atoms with van der Waals surface area (Å²) in [6.45, 7) is 0. The molecule has 1 aliphatic rings. The Kier molecular flexibility index (Phi) is 7.85. The molecule has 0 saturated heterocycles. The number of anilines is 1. The predicted molar refractivity (Wildman–Crippen MR) is 161 cm³/mol. The Morgan fingerprint density at radius 2 is 1.89 bits per heavy atom. The number of primary amides is 1. The number of imidazole rings is 1. The van der Waals surface area contributed by atoms with Crippen molar-refractivity contribution >= 4 is 51.3 Å². The molecular formula is C31H31N7O6. The van der Waals surface area contributed by atoms with Gasteiger partial charge in [0.25, 0.3) is 5.91 Å². The third-order valence-corrected chi connectivity index (χ3v) is 8.08. The van der Waals surface area contributed by atoms with Crippen LogP contribution in [0.2, 0.25) is 0 Å². The number of carbonyl (C=O) groups is 4. The Morgan fingerprint density at radius 1 is 1.07 bits per heavy atom. The first kappa shape index (κ1) is 28.7. The lowest BCUT2D eigenvalue weighted by molar-refractivity contribution is -0.141. The van der Waals surface area contributed by atoms with Gasteiger partial charge >= 0.3 is 11.8 Å². The average Bonchev–Trinajstić information content (AvgIpc) is 3.79. The van der Waals surface area contributed by atoms with Gasteiger partial charge in [-0.2, -0.15) is 0 Å². The van der Waals surface area contributed by atoms with Crippen molar-refractivity contribution in [1.29, 1.82) is 0 Å². The zero-order valence-electron chi connectivity index (χ0n) is 23.6. The summed E-state index contributed by atoms with van der Waals surface area (Å²) in [4.78, 5) is 57.1. The fourth-order valence-electron chi connectivity index (χ4n) is 5.89. The van der Waals surface area contributed by atoms with Crippen molar-refractivity contribution < 1.29 is 28.8 Å². The van der Waals surface area contributed by atoms with Gasteiger partial charge < -0.3 is 30.3 Å². The zero-order valence-corrected chi connectivity index (χ0v) is 23.6. The Morgan fingerprint density at radius 3 is 2.61 bits per heavy atom. The molecule has 0 unspecified atom stereocenters. The van der Waals surface area contributed by atoms with E-state index in [1.54, 1.807) is 49.1 Å². The van der Waals surface area contributed by atoms with E-state index in [0.717, 1.165) is 42.6 Å². The number of hydroxylamine groups is 1. The largest absolute Gasteiger partial charge is 0.472 e. The second-order valence-electron chi connectivity index (χ2n) is 10.9. The van der Waals surface area contributed by atoms with Crippen LogP contribution in [0.4, 0.5) is 5.69 Å². The number of fused-ring (bicyclic) bond motifs is 2. The molecule has 1 atom stereocenters. The Bertz CT molecular complexity index is 1870. The number of nitrogens with zero attached hydrogens (tertiary/aromatic N) is 2. The first-order valence-corrected chi connectivity index (χ1v) is 14.3. The summed E-state index contributed by atoms with van der Waals surface area (Å²) in [5.41, 5.74) is 11.4. The van der Waals surface area contributed by atoms with Crippen LogP contribution in [0.5, 0.6) is 0 Å². The third-order valence-electron chi connectivity index (χ3n) is 8.08. The number of carbonyl (C=O) groups excluding carboxylic acids is 4. The molecule has 44 heavy (non-hydrogen) atoms. The second-order valence-corrected chi connectivity index (χ2v) is 10.9. The highest BCUT2D eigenvalue weighted by Gasteiger charge is 2.25. The summed E-state index contributed by atoms with van der Waals surface area (Å²) >= 11 is 0. The molecule has 1 fully saturated rings. The van der Waals surface area contributed by atoms with Crippen molar-refractivity contribution in [2.75, 3.05) is 5.32 Å². The van der Waals surface area contributed by atoms with E-state index < -0.39 is 29.7 Å². The molecule has 13 nitrogen and oxygen atoms in total. The topological polar surface area (TPSA) is 197 Å². The molecular weight excluding hydrogens is 566 g/mol. The van der Waals surface area contributed by atoms with Crippen LogP contribution in [0.3, 0.4) is 0 Å². The highest BCUT2D eigenvalue weighted by atomic mass is 16.5. The SMILES string of the molecule is NC(=O)[C@H](Cc1c[nH]c2ccc(NC(=O)C(=O)NO)cc12)NC(=O)c1ccc2c(c1)nc(-c1ccoc1)n2C1CCCCC1. The van der Waals surface area contributed by atoms with Crippen LogP contribution in [0, 0.1) is 0 Å². The molecule has 13 heteroatoms. The molecule has 0 aliphatic heterocycles. The number of aromatic amines is 1. The van der Waals surface area contributed by atoms with E-state index in [4.69, 9.17) is 20.3 Å². The van der Waals surface area contributed by atoms with Crippen LogP contribution in [-0.4, -0.2) is 49.4 Å². The van der Waals surface area contributed by atoms with Crippen molar-refractivity contribution in [3.8, 4) is 11.4 Å². The summed E-state index contributed by atoms with van der Waals surface area (Å²) in [6.07, 6.45) is 10.7. The van der Waals surface area contributed by atoms with Gasteiger partial charge in [-0.3, -0.25) is 24.4 Å². The normalized spacial score (nSPS) is 14.4. The molecule has 3 aromatic heterocycles. The number of aromatic nitrogens is 3. The maximum Gasteiger partial charge on any atom is 0.332 e. The fourth-order valence-corrected chi connectivity index (χ4v) is 5.89. The number of benzene rings is 2. The van der Waals surface area contributed by atoms with Crippen LogP contribution >= 0.6 is 0 Å². The van der Waals surface area contributed by atoms with Crippen LogP contribution in [0.15, 0.2) is 65.6 Å². The summed E-state index contributed by atoms with van der Waals surface area (Å²) in [5.74, 6) is -2.67. The number of furan rings is 1. The van der Waals surface area contributed by atoms with Gasteiger partial charge in [0.15, 0.2) is 0 Å². The molecule has 2 aromatic carbocycles. The van der Waals surface area contributed by atoms with Crippen molar-refractivity contribution in [2.24, 2.45) is 5.73 Å². The lowest BCUT2D eigenvalue weighted by Crippen LogP contribution is -2.45. The van der Waals surface area contributed by atoms with Gasteiger partial charge in [0.2, 0.25) is 5.91 Å². The number of hydrogen-bond acceptors (Lipinski definition) is 7. The second kappa shape index (κ2) is 12.1. The summed E-state index contributed by atoms with van der Waals surface area (Å²) < 4.78 is 7.58. The maximum absolute atomic E-state index is 13.4. The first-order chi connectivity index (χ1) is 21.3. The highest BCUT2D eigenvalue weighted by Crippen LogP contribution is 2.36. The number of nitrogens with one attached hydrogen (secondary N) is 4. The predicted octanol–water partition coefficient (Wildman–Crippen LogP) is 3.55. The van der Waals surface area contributed by atoms with Gasteiger partial charge in [-0.15, -0.1) is 0 Å². The lowest BCUT2D eigenvalue weighted by atomic mass is 9.95. The van der Waals surface area contributed by atoms with Crippen molar-refractivity contribution in [1.82, 2.24) is 25.3 Å². The molecule has 0 radical (unpaired) electrons. The van der Waals surface area contributed by atoms with Crippen molar-refractivity contribution in [3.63, 3.8) is 0 Å². The van der Waals surface area contributed by atoms with E-state index in [9.17, 15) is 19.2 Å². The quantitative estimate of drug-likeness (QED) is 0.0893. The van der Waals surface area contributed by atoms with Gasteiger partial charge in [-0.05, 0) is 60.9 Å². The molecule has 4 amide bonds. The van der Waals surface area contributed by atoms with Crippen LogP contribution in [0.25, 0.3) is 33.3 Å². The summed E-state index contributed by atoms with van der Waals surface area (Å²) in [5, 5.41) is 14.5. The summed E-state index contributed by atoms with van der Waals surface area (Å²) in [7, 11) is 0. The average molecular weight is 598 g/mol. The van der Waals surface area contributed by atoms with Crippen LogP contribution in [0.1, 0.15) is 54.1 Å². The smallest absolute Gasteiger partial charge is 0.332 e. The van der Waals surface area contributed by atoms with Gasteiger partial charge in [0.1, 0.15) is 18.1 Å². The minimum atomic E-state index is -1.22. The van der Waals surface area contributed by atoms with Gasteiger partial charge in [0, 0.05) is 40.8 Å². The highest BCUT2D eigenvalue weighted by molar-refractivity contribution is 6.39. The van der Waals surface area contributed by atoms with E-state index >= 15 is 0 Å². The fraction of sp³-hybridized carbons (Fsp3) is 0.258. The van der Waals surface area contributed by atoms with E-state index in [1.807, 2.05) is 12.1 Å². The standard InChI is InChI=1S/C31H31N7O6/c32-27(39)25(13-19-15-33-23-8-7-20(14-22(19)23)34-30(41)31(42)37-43)36-29(40)17-6-9-26-24(12-17)35-28(18-10-11-44-16-18)38(26)21-4-2-1-3-5-21/h6-12,14-16,21,25,33,43H,1-5,13H2,(H2,32,39)(H,34,41)(H,36,40)(H,37,42)/t25-/m0/s1. The number of rotatable bonds is 8. The molecule has 7 N–H and O–H groups in total. The lowest BCUT2D eigenvalue weighted by Gasteiger charge is -2.25. The molecule has 3 heterocycles. The van der Waals surface area contributed by atoms with E-state index in [1.165, 1.54) is 11.9 Å². The molecule has 1 saturated carbocycles. The minimum absolute atomic E-state index is 0.0682.